The third kappa shape index (κ3) is 2.64. The number of halogens is 3. The summed E-state index contributed by atoms with van der Waals surface area (Å²) >= 11 is 0. The SMILES string of the molecule is CCC(=O)c1c(C(=O)O)cccc1C(F)(F)F. The van der Waals surface area contributed by atoms with Crippen LogP contribution < -0.4 is 0 Å². The molecule has 0 amide bonds. The third-order valence-electron chi connectivity index (χ3n) is 2.20. The fraction of sp³-hybridized carbons (Fsp3) is 0.273. The Labute approximate surface area is 94.9 Å². The molecule has 0 fully saturated rings. The minimum Gasteiger partial charge on any atom is -0.478 e. The van der Waals surface area contributed by atoms with Crippen molar-refractivity contribution in [3.05, 3.63) is 34.9 Å². The Bertz CT molecular complexity index is 464. The fourth-order valence-corrected chi connectivity index (χ4v) is 1.44. The molecule has 0 bridgehead atoms. The molecule has 0 aromatic heterocycles. The molecule has 0 heterocycles. The first-order valence-corrected chi connectivity index (χ1v) is 4.75. The first-order valence-electron chi connectivity index (χ1n) is 4.75. The van der Waals surface area contributed by atoms with Crippen molar-refractivity contribution in [2.24, 2.45) is 0 Å². The number of hydrogen-bond acceptors (Lipinski definition) is 2. The van der Waals surface area contributed by atoms with Crippen molar-refractivity contribution in [3.8, 4) is 0 Å². The van der Waals surface area contributed by atoms with Gasteiger partial charge in [0.2, 0.25) is 0 Å². The molecule has 3 nitrogen and oxygen atoms in total. The van der Waals surface area contributed by atoms with Crippen LogP contribution in [0.5, 0.6) is 0 Å². The lowest BCUT2D eigenvalue weighted by molar-refractivity contribution is -0.137. The monoisotopic (exact) mass is 246 g/mol. The number of carbonyl (C=O) groups is 2. The molecule has 0 aliphatic carbocycles. The van der Waals surface area contributed by atoms with Crippen LogP contribution in [-0.2, 0) is 6.18 Å². The summed E-state index contributed by atoms with van der Waals surface area (Å²) in [5, 5.41) is 8.78. The van der Waals surface area contributed by atoms with Crippen LogP contribution in [0, 0.1) is 0 Å². The molecule has 92 valence electrons. The van der Waals surface area contributed by atoms with Gasteiger partial charge in [0.1, 0.15) is 0 Å². The van der Waals surface area contributed by atoms with Gasteiger partial charge < -0.3 is 5.11 Å². The van der Waals surface area contributed by atoms with Gasteiger partial charge in [-0.25, -0.2) is 4.79 Å². The number of aromatic carboxylic acids is 1. The van der Waals surface area contributed by atoms with E-state index in [0.29, 0.717) is 6.07 Å². The number of carboxylic acid groups (broad SMARTS) is 1. The number of Topliss-reactive ketones (excluding diaryl/α,β-unsaturated/α-hetero) is 1. The molecule has 0 atom stereocenters. The Hall–Kier alpha value is -1.85. The van der Waals surface area contributed by atoms with Gasteiger partial charge >= 0.3 is 12.1 Å². The number of rotatable bonds is 3. The normalized spacial score (nSPS) is 11.3. The summed E-state index contributed by atoms with van der Waals surface area (Å²) in [6.07, 6.45) is -4.93. The average Bonchev–Trinajstić information content (AvgIpc) is 2.25. The summed E-state index contributed by atoms with van der Waals surface area (Å²) in [5.74, 6) is -2.39. The maximum Gasteiger partial charge on any atom is 0.417 e. The summed E-state index contributed by atoms with van der Waals surface area (Å²) in [4.78, 5) is 22.2. The van der Waals surface area contributed by atoms with Crippen molar-refractivity contribution in [1.29, 1.82) is 0 Å². The molecule has 0 spiro atoms. The molecule has 1 aromatic rings. The molecule has 1 aromatic carbocycles. The Kier molecular flexibility index (Phi) is 3.55. The first kappa shape index (κ1) is 13.2. The van der Waals surface area contributed by atoms with E-state index < -0.39 is 34.6 Å². The minimum absolute atomic E-state index is 0.187. The van der Waals surface area contributed by atoms with E-state index in [1.165, 1.54) is 6.92 Å². The van der Waals surface area contributed by atoms with Crippen LogP contribution >= 0.6 is 0 Å². The lowest BCUT2D eigenvalue weighted by atomic mass is 9.96. The van der Waals surface area contributed by atoms with Crippen LogP contribution in [0.4, 0.5) is 13.2 Å². The van der Waals surface area contributed by atoms with Gasteiger partial charge in [-0.3, -0.25) is 4.79 Å². The molecule has 1 N–H and O–H groups in total. The number of benzene rings is 1. The summed E-state index contributed by atoms with van der Waals surface area (Å²) in [6.45, 7) is 1.38. The number of carbonyl (C=O) groups excluding carboxylic acids is 1. The predicted octanol–water partition coefficient (Wildman–Crippen LogP) is 3.00. The number of ketones is 1. The highest BCUT2D eigenvalue weighted by molar-refractivity contribution is 6.06. The molecule has 17 heavy (non-hydrogen) atoms. The zero-order valence-electron chi connectivity index (χ0n) is 8.84. The van der Waals surface area contributed by atoms with Crippen LogP contribution in [0.2, 0.25) is 0 Å². The zero-order chi connectivity index (χ0) is 13.2. The van der Waals surface area contributed by atoms with E-state index in [0.717, 1.165) is 12.1 Å². The van der Waals surface area contributed by atoms with E-state index in [9.17, 15) is 22.8 Å². The maximum atomic E-state index is 12.6. The van der Waals surface area contributed by atoms with Crippen molar-refractivity contribution in [2.75, 3.05) is 0 Å². The summed E-state index contributed by atoms with van der Waals surface area (Å²) < 4.78 is 37.9. The molecule has 1 rings (SSSR count). The summed E-state index contributed by atoms with van der Waals surface area (Å²) in [6, 6.07) is 2.66. The molecule has 0 aliphatic heterocycles. The molecule has 0 aliphatic rings. The number of alkyl halides is 3. The molecule has 6 heteroatoms. The van der Waals surface area contributed by atoms with Crippen molar-refractivity contribution in [1.82, 2.24) is 0 Å². The quantitative estimate of drug-likeness (QED) is 0.834. The summed E-state index contributed by atoms with van der Waals surface area (Å²) in [5.41, 5.74) is -2.59. The van der Waals surface area contributed by atoms with Crippen molar-refractivity contribution in [2.45, 2.75) is 19.5 Å². The van der Waals surface area contributed by atoms with Crippen molar-refractivity contribution < 1.29 is 27.9 Å². The van der Waals surface area contributed by atoms with E-state index in [1.54, 1.807) is 0 Å². The molecular formula is C11H9F3O3. The summed E-state index contributed by atoms with van der Waals surface area (Å²) in [7, 11) is 0. The van der Waals surface area contributed by atoms with Gasteiger partial charge in [-0.05, 0) is 12.1 Å². The molecule has 0 unspecified atom stereocenters. The van der Waals surface area contributed by atoms with E-state index in [1.807, 2.05) is 0 Å². The highest BCUT2D eigenvalue weighted by atomic mass is 19.4. The highest BCUT2D eigenvalue weighted by Crippen LogP contribution is 2.34. The van der Waals surface area contributed by atoms with Gasteiger partial charge in [0.15, 0.2) is 5.78 Å². The van der Waals surface area contributed by atoms with Gasteiger partial charge in [-0.2, -0.15) is 13.2 Å². The van der Waals surface area contributed by atoms with Gasteiger partial charge in [0.05, 0.1) is 11.1 Å². The average molecular weight is 246 g/mol. The second-order valence-electron chi connectivity index (χ2n) is 3.31. The Morgan fingerprint density at radius 2 is 1.88 bits per heavy atom. The van der Waals surface area contributed by atoms with Gasteiger partial charge in [0.25, 0.3) is 0 Å². The third-order valence-corrected chi connectivity index (χ3v) is 2.20. The Morgan fingerprint density at radius 1 is 1.29 bits per heavy atom. The topological polar surface area (TPSA) is 54.4 Å². The zero-order valence-corrected chi connectivity index (χ0v) is 8.84. The van der Waals surface area contributed by atoms with Crippen LogP contribution in [0.15, 0.2) is 18.2 Å². The second kappa shape index (κ2) is 4.57. The van der Waals surface area contributed by atoms with E-state index in [-0.39, 0.29) is 6.42 Å². The van der Waals surface area contributed by atoms with Crippen molar-refractivity contribution >= 4 is 11.8 Å². The Morgan fingerprint density at radius 3 is 2.29 bits per heavy atom. The lowest BCUT2D eigenvalue weighted by Crippen LogP contribution is -2.17. The molecule has 0 saturated heterocycles. The van der Waals surface area contributed by atoms with E-state index in [2.05, 4.69) is 0 Å². The molecule has 0 saturated carbocycles. The van der Waals surface area contributed by atoms with Crippen molar-refractivity contribution in [3.63, 3.8) is 0 Å². The lowest BCUT2D eigenvalue weighted by Gasteiger charge is -2.13. The standard InChI is InChI=1S/C11H9F3O3/c1-2-8(15)9-6(10(16)17)4-3-5-7(9)11(12,13)14/h3-5H,2H2,1H3,(H,16,17). The van der Waals surface area contributed by atoms with Crippen LogP contribution in [0.3, 0.4) is 0 Å². The molecular weight excluding hydrogens is 237 g/mol. The Balaban J connectivity index is 3.57. The van der Waals surface area contributed by atoms with Crippen LogP contribution in [0.25, 0.3) is 0 Å². The predicted molar refractivity (Wildman–Crippen MR) is 53.0 cm³/mol. The van der Waals surface area contributed by atoms with Gasteiger partial charge in [0, 0.05) is 12.0 Å². The van der Waals surface area contributed by atoms with E-state index in [4.69, 9.17) is 5.11 Å². The maximum absolute atomic E-state index is 12.6. The first-order chi connectivity index (χ1) is 7.79. The molecule has 0 radical (unpaired) electrons. The second-order valence-corrected chi connectivity index (χ2v) is 3.31. The van der Waals surface area contributed by atoms with Crippen LogP contribution in [-0.4, -0.2) is 16.9 Å². The minimum atomic E-state index is -4.74. The van der Waals surface area contributed by atoms with Crippen LogP contribution in [0.1, 0.15) is 39.6 Å². The van der Waals surface area contributed by atoms with Gasteiger partial charge in [-0.1, -0.05) is 13.0 Å². The number of carboxylic acids is 1. The smallest absolute Gasteiger partial charge is 0.417 e. The number of hydrogen-bond donors (Lipinski definition) is 1. The highest BCUT2D eigenvalue weighted by Gasteiger charge is 2.36. The largest absolute Gasteiger partial charge is 0.478 e. The van der Waals surface area contributed by atoms with E-state index >= 15 is 0 Å². The van der Waals surface area contributed by atoms with Gasteiger partial charge in [-0.15, -0.1) is 0 Å². The fourth-order valence-electron chi connectivity index (χ4n) is 1.44.